The van der Waals surface area contributed by atoms with Gasteiger partial charge in [0, 0.05) is 14.1 Å². The third kappa shape index (κ3) is 2.43. The Labute approximate surface area is 86.7 Å². The Balaban J connectivity index is 2.87. The first kappa shape index (κ1) is 10.9. The molecular weight excluding hydrogens is 202 g/mol. The summed E-state index contributed by atoms with van der Waals surface area (Å²) in [4.78, 5) is 16.0. The molecule has 0 aromatic carbocycles. The molecule has 14 heavy (non-hydrogen) atoms. The Kier molecular flexibility index (Phi) is 3.43. The van der Waals surface area contributed by atoms with Gasteiger partial charge in [-0.2, -0.15) is 0 Å². The predicted molar refractivity (Wildman–Crippen MR) is 55.5 cm³/mol. The van der Waals surface area contributed by atoms with Crippen LogP contribution in [0.1, 0.15) is 15.4 Å². The molecule has 1 rings (SSSR count). The number of rotatable bonds is 3. The third-order valence-corrected chi connectivity index (χ3v) is 2.53. The van der Waals surface area contributed by atoms with Gasteiger partial charge < -0.3 is 4.74 Å². The highest BCUT2D eigenvalue weighted by atomic mass is 32.1. The smallest absolute Gasteiger partial charge is 0.350 e. The van der Waals surface area contributed by atoms with E-state index in [0.29, 0.717) is 15.7 Å². The van der Waals surface area contributed by atoms with E-state index in [0.717, 1.165) is 0 Å². The van der Waals surface area contributed by atoms with E-state index < -0.39 is 0 Å². The minimum absolute atomic E-state index is 0.341. The Morgan fingerprint density at radius 2 is 2.21 bits per heavy atom. The van der Waals surface area contributed by atoms with Crippen molar-refractivity contribution >= 4 is 22.4 Å². The van der Waals surface area contributed by atoms with Crippen LogP contribution < -0.4 is 5.43 Å². The topological polar surface area (TPSA) is 54.5 Å². The third-order valence-electron chi connectivity index (χ3n) is 1.49. The molecule has 1 aromatic rings. The highest BCUT2D eigenvalue weighted by Gasteiger charge is 2.15. The average molecular weight is 215 g/mol. The Hall–Kier alpha value is -1.14. The molecule has 0 spiro atoms. The molecule has 1 aromatic heterocycles. The number of anilines is 1. The van der Waals surface area contributed by atoms with Crippen molar-refractivity contribution in [1.29, 1.82) is 0 Å². The number of aryl methyl sites for hydroxylation is 1. The van der Waals surface area contributed by atoms with Crippen LogP contribution in [0.5, 0.6) is 0 Å². The van der Waals surface area contributed by atoms with Gasteiger partial charge in [-0.25, -0.2) is 14.8 Å². The molecule has 0 saturated carbocycles. The number of carbonyl (C=O) groups excluding carboxylic acids is 1. The van der Waals surface area contributed by atoms with Gasteiger partial charge in [0.05, 0.1) is 12.8 Å². The van der Waals surface area contributed by atoms with E-state index in [-0.39, 0.29) is 5.97 Å². The zero-order chi connectivity index (χ0) is 10.7. The number of aromatic nitrogens is 1. The lowest BCUT2D eigenvalue weighted by molar-refractivity contribution is 0.0605. The predicted octanol–water partition coefficient (Wildman–Crippen LogP) is 1.13. The molecule has 0 saturated heterocycles. The highest BCUT2D eigenvalue weighted by molar-refractivity contribution is 7.17. The van der Waals surface area contributed by atoms with Crippen LogP contribution >= 0.6 is 11.3 Å². The van der Waals surface area contributed by atoms with Crippen LogP contribution in [0.3, 0.4) is 0 Å². The fraction of sp³-hybridized carbons (Fsp3) is 0.500. The lowest BCUT2D eigenvalue weighted by Crippen LogP contribution is -2.19. The number of hydrazine groups is 1. The standard InChI is InChI=1S/C8H13N3O2S/c1-5-6(7(12)13-4)14-8(9-5)10-11(2)3/h1-4H3,(H,9,10). The quantitative estimate of drug-likeness (QED) is 0.605. The lowest BCUT2D eigenvalue weighted by atomic mass is 10.4. The Morgan fingerprint density at radius 1 is 1.57 bits per heavy atom. The maximum absolute atomic E-state index is 11.2. The van der Waals surface area contributed by atoms with E-state index in [4.69, 9.17) is 0 Å². The van der Waals surface area contributed by atoms with Gasteiger partial charge in [0.1, 0.15) is 4.88 Å². The number of nitrogens with zero attached hydrogens (tertiary/aromatic N) is 2. The zero-order valence-corrected chi connectivity index (χ0v) is 9.44. The minimum atomic E-state index is -0.341. The highest BCUT2D eigenvalue weighted by Crippen LogP contribution is 2.23. The second-order valence-corrected chi connectivity index (χ2v) is 3.93. The second-order valence-electron chi connectivity index (χ2n) is 2.93. The van der Waals surface area contributed by atoms with E-state index in [9.17, 15) is 4.79 Å². The van der Waals surface area contributed by atoms with Gasteiger partial charge in [0.2, 0.25) is 0 Å². The molecule has 0 aliphatic heterocycles. The summed E-state index contributed by atoms with van der Waals surface area (Å²) in [7, 11) is 5.07. The van der Waals surface area contributed by atoms with Crippen LogP contribution in [-0.2, 0) is 4.74 Å². The molecule has 0 atom stereocenters. The summed E-state index contributed by atoms with van der Waals surface area (Å²) in [5.74, 6) is -0.341. The molecule has 0 amide bonds. The molecule has 5 nitrogen and oxygen atoms in total. The molecule has 0 bridgehead atoms. The number of hydrogen-bond donors (Lipinski definition) is 1. The molecule has 78 valence electrons. The average Bonchev–Trinajstić information content (AvgIpc) is 2.44. The largest absolute Gasteiger partial charge is 0.465 e. The zero-order valence-electron chi connectivity index (χ0n) is 8.62. The lowest BCUT2D eigenvalue weighted by Gasteiger charge is -2.08. The molecule has 6 heteroatoms. The fourth-order valence-corrected chi connectivity index (χ4v) is 1.88. The summed E-state index contributed by atoms with van der Waals surface area (Å²) in [5, 5.41) is 2.45. The minimum Gasteiger partial charge on any atom is -0.465 e. The van der Waals surface area contributed by atoms with E-state index in [1.807, 2.05) is 14.1 Å². The molecule has 0 radical (unpaired) electrons. The Bertz CT molecular complexity index is 335. The molecule has 0 aliphatic carbocycles. The molecule has 1 N–H and O–H groups in total. The normalized spacial score (nSPS) is 10.4. The van der Waals surface area contributed by atoms with Crippen molar-refractivity contribution in [3.63, 3.8) is 0 Å². The van der Waals surface area contributed by atoms with Gasteiger partial charge >= 0.3 is 5.97 Å². The van der Waals surface area contributed by atoms with Crippen LogP contribution in [-0.4, -0.2) is 37.2 Å². The summed E-state index contributed by atoms with van der Waals surface area (Å²) >= 11 is 1.28. The van der Waals surface area contributed by atoms with Crippen LogP contribution in [0.2, 0.25) is 0 Å². The van der Waals surface area contributed by atoms with Crippen molar-refractivity contribution < 1.29 is 9.53 Å². The van der Waals surface area contributed by atoms with Crippen molar-refractivity contribution in [2.45, 2.75) is 6.92 Å². The summed E-state index contributed by atoms with van der Waals surface area (Å²) in [6, 6.07) is 0. The number of hydrogen-bond acceptors (Lipinski definition) is 6. The number of thiazole rings is 1. The van der Waals surface area contributed by atoms with Crippen LogP contribution in [0.15, 0.2) is 0 Å². The first-order valence-electron chi connectivity index (χ1n) is 4.04. The van der Waals surface area contributed by atoms with Crippen molar-refractivity contribution in [1.82, 2.24) is 9.99 Å². The molecule has 0 aliphatic rings. The molecular formula is C8H13N3O2S. The SMILES string of the molecule is COC(=O)c1sc(NN(C)C)nc1C. The van der Waals surface area contributed by atoms with E-state index in [1.165, 1.54) is 18.4 Å². The van der Waals surface area contributed by atoms with Gasteiger partial charge in [0.25, 0.3) is 0 Å². The Morgan fingerprint density at radius 3 is 2.71 bits per heavy atom. The second kappa shape index (κ2) is 4.39. The van der Waals surface area contributed by atoms with Crippen molar-refractivity contribution in [2.75, 3.05) is 26.6 Å². The molecule has 1 heterocycles. The van der Waals surface area contributed by atoms with Gasteiger partial charge in [-0.05, 0) is 6.92 Å². The monoisotopic (exact) mass is 215 g/mol. The number of methoxy groups -OCH3 is 1. The van der Waals surface area contributed by atoms with E-state index in [2.05, 4.69) is 15.1 Å². The van der Waals surface area contributed by atoms with Crippen molar-refractivity contribution in [3.05, 3.63) is 10.6 Å². The number of ether oxygens (including phenoxy) is 1. The van der Waals surface area contributed by atoms with Crippen LogP contribution in [0.25, 0.3) is 0 Å². The van der Waals surface area contributed by atoms with Crippen molar-refractivity contribution in [3.8, 4) is 0 Å². The van der Waals surface area contributed by atoms with Gasteiger partial charge in [-0.15, -0.1) is 0 Å². The van der Waals surface area contributed by atoms with Gasteiger partial charge in [-0.3, -0.25) is 5.43 Å². The van der Waals surface area contributed by atoms with Crippen molar-refractivity contribution in [2.24, 2.45) is 0 Å². The number of nitrogens with one attached hydrogen (secondary N) is 1. The number of carbonyl (C=O) groups is 1. The van der Waals surface area contributed by atoms with E-state index in [1.54, 1.807) is 11.9 Å². The summed E-state index contributed by atoms with van der Waals surface area (Å²) < 4.78 is 4.63. The first-order chi connectivity index (χ1) is 6.54. The summed E-state index contributed by atoms with van der Waals surface area (Å²) in [6.07, 6.45) is 0. The molecule has 0 fully saturated rings. The molecule has 0 unspecified atom stereocenters. The maximum Gasteiger partial charge on any atom is 0.350 e. The summed E-state index contributed by atoms with van der Waals surface area (Å²) in [6.45, 7) is 1.78. The van der Waals surface area contributed by atoms with Gasteiger partial charge in [0.15, 0.2) is 5.13 Å². The van der Waals surface area contributed by atoms with Gasteiger partial charge in [-0.1, -0.05) is 11.3 Å². The van der Waals surface area contributed by atoms with Crippen LogP contribution in [0, 0.1) is 6.92 Å². The fourth-order valence-electron chi connectivity index (χ4n) is 0.918. The van der Waals surface area contributed by atoms with E-state index >= 15 is 0 Å². The summed E-state index contributed by atoms with van der Waals surface area (Å²) in [5.41, 5.74) is 3.66. The maximum atomic E-state index is 11.2. The number of esters is 1. The first-order valence-corrected chi connectivity index (χ1v) is 4.86. The van der Waals surface area contributed by atoms with Crippen LogP contribution in [0.4, 0.5) is 5.13 Å².